The molecule has 0 unspecified atom stereocenters. The molecular formula is C12H24O2Si. The van der Waals surface area contributed by atoms with Crippen molar-refractivity contribution in [2.75, 3.05) is 6.61 Å². The molecule has 0 heterocycles. The van der Waals surface area contributed by atoms with E-state index < -0.39 is 8.07 Å². The Kier molecular flexibility index (Phi) is 7.39. The molecule has 0 radical (unpaired) electrons. The van der Waals surface area contributed by atoms with Gasteiger partial charge in [0.1, 0.15) is 0 Å². The van der Waals surface area contributed by atoms with Crippen molar-refractivity contribution in [3.8, 4) is 0 Å². The fourth-order valence-electron chi connectivity index (χ4n) is 1.74. The molecule has 88 valence electrons. The summed E-state index contributed by atoms with van der Waals surface area (Å²) in [4.78, 5) is 10.7. The van der Waals surface area contributed by atoms with E-state index in [1.54, 1.807) is 0 Å². The van der Waals surface area contributed by atoms with Gasteiger partial charge < -0.3 is 4.74 Å². The lowest BCUT2D eigenvalue weighted by atomic mass is 10.3. The first-order valence-electron chi connectivity index (χ1n) is 5.81. The molecular weight excluding hydrogens is 204 g/mol. The van der Waals surface area contributed by atoms with Crippen LogP contribution in [0.15, 0.2) is 12.7 Å². The number of unbranched alkanes of at least 4 members (excludes halogenated alkanes) is 1. The number of hydrogen-bond donors (Lipinski definition) is 0. The number of rotatable bonds is 8. The summed E-state index contributed by atoms with van der Waals surface area (Å²) in [7, 11) is -0.949. The molecule has 0 aromatic carbocycles. The number of ether oxygens (including phenoxy) is 1. The monoisotopic (exact) mass is 228 g/mol. The largest absolute Gasteiger partial charge is 0.463 e. The molecule has 0 saturated carbocycles. The smallest absolute Gasteiger partial charge is 0.330 e. The van der Waals surface area contributed by atoms with Gasteiger partial charge in [-0.25, -0.2) is 4.79 Å². The number of esters is 1. The Bertz CT molecular complexity index is 200. The number of carbonyl (C=O) groups excluding carboxylic acids is 1. The van der Waals surface area contributed by atoms with Crippen LogP contribution in [0.2, 0.25) is 25.2 Å². The Morgan fingerprint density at radius 1 is 1.33 bits per heavy atom. The van der Waals surface area contributed by atoms with Gasteiger partial charge in [0.15, 0.2) is 0 Å². The van der Waals surface area contributed by atoms with Crippen LogP contribution in [-0.4, -0.2) is 20.7 Å². The van der Waals surface area contributed by atoms with Crippen LogP contribution in [0.4, 0.5) is 0 Å². The average molecular weight is 228 g/mol. The van der Waals surface area contributed by atoms with Gasteiger partial charge in [-0.3, -0.25) is 0 Å². The Morgan fingerprint density at radius 2 is 2.00 bits per heavy atom. The van der Waals surface area contributed by atoms with Gasteiger partial charge in [-0.1, -0.05) is 51.5 Å². The maximum Gasteiger partial charge on any atom is 0.330 e. The summed E-state index contributed by atoms with van der Waals surface area (Å²) in [6, 6.07) is 2.74. The van der Waals surface area contributed by atoms with Crippen LogP contribution in [0.1, 0.15) is 26.2 Å². The van der Waals surface area contributed by atoms with Crippen LogP contribution in [0.3, 0.4) is 0 Å². The zero-order valence-corrected chi connectivity index (χ0v) is 11.3. The van der Waals surface area contributed by atoms with E-state index in [9.17, 15) is 4.79 Å². The molecule has 15 heavy (non-hydrogen) atoms. The molecule has 0 aliphatic carbocycles. The zero-order chi connectivity index (χ0) is 11.7. The van der Waals surface area contributed by atoms with Gasteiger partial charge in [-0.15, -0.1) is 0 Å². The quantitative estimate of drug-likeness (QED) is 0.274. The van der Waals surface area contributed by atoms with Crippen LogP contribution in [-0.2, 0) is 9.53 Å². The van der Waals surface area contributed by atoms with Crippen molar-refractivity contribution >= 4 is 14.0 Å². The summed E-state index contributed by atoms with van der Waals surface area (Å²) >= 11 is 0. The molecule has 0 amide bonds. The van der Waals surface area contributed by atoms with Crippen LogP contribution >= 0.6 is 0 Å². The maximum atomic E-state index is 10.7. The molecule has 0 rings (SSSR count). The van der Waals surface area contributed by atoms with Gasteiger partial charge in [0.2, 0.25) is 0 Å². The third-order valence-electron chi connectivity index (χ3n) is 2.59. The highest BCUT2D eigenvalue weighted by Gasteiger charge is 2.18. The van der Waals surface area contributed by atoms with Gasteiger partial charge in [-0.05, 0) is 6.42 Å². The van der Waals surface area contributed by atoms with Crippen molar-refractivity contribution in [1.29, 1.82) is 0 Å². The minimum atomic E-state index is -0.949. The van der Waals surface area contributed by atoms with Crippen molar-refractivity contribution in [2.45, 2.75) is 51.4 Å². The fourth-order valence-corrected chi connectivity index (χ4v) is 4.55. The van der Waals surface area contributed by atoms with Crippen LogP contribution in [0, 0.1) is 0 Å². The van der Waals surface area contributed by atoms with Gasteiger partial charge in [0, 0.05) is 14.1 Å². The summed E-state index contributed by atoms with van der Waals surface area (Å²) in [5, 5.41) is 0. The molecule has 0 aliphatic heterocycles. The number of carbonyl (C=O) groups is 1. The van der Waals surface area contributed by atoms with E-state index in [0.717, 1.165) is 6.42 Å². The molecule has 3 heteroatoms. The maximum absolute atomic E-state index is 10.7. The summed E-state index contributed by atoms with van der Waals surface area (Å²) in [6.45, 7) is 11.0. The molecule has 0 N–H and O–H groups in total. The minimum Gasteiger partial charge on any atom is -0.463 e. The molecule has 0 aliphatic rings. The van der Waals surface area contributed by atoms with Crippen LogP contribution < -0.4 is 0 Å². The third kappa shape index (κ3) is 8.42. The first-order chi connectivity index (χ1) is 7.02. The van der Waals surface area contributed by atoms with Gasteiger partial charge >= 0.3 is 5.97 Å². The summed E-state index contributed by atoms with van der Waals surface area (Å²) in [5.41, 5.74) is 0. The Morgan fingerprint density at radius 3 is 2.53 bits per heavy atom. The molecule has 0 atom stereocenters. The summed E-state index contributed by atoms with van der Waals surface area (Å²) in [6.07, 6.45) is 4.68. The Balaban J connectivity index is 3.45. The van der Waals surface area contributed by atoms with Crippen molar-refractivity contribution in [3.05, 3.63) is 12.7 Å². The van der Waals surface area contributed by atoms with Gasteiger partial charge in [0.05, 0.1) is 6.61 Å². The molecule has 0 aromatic rings. The lowest BCUT2D eigenvalue weighted by Gasteiger charge is -2.21. The zero-order valence-electron chi connectivity index (χ0n) is 10.3. The van der Waals surface area contributed by atoms with Crippen molar-refractivity contribution in [3.63, 3.8) is 0 Å². The fraction of sp³-hybridized carbons (Fsp3) is 0.750. The Hall–Kier alpha value is -0.573. The van der Waals surface area contributed by atoms with E-state index in [2.05, 4.69) is 26.6 Å². The predicted octanol–water partition coefficient (Wildman–Crippen LogP) is 3.61. The average Bonchev–Trinajstić information content (AvgIpc) is 2.16. The van der Waals surface area contributed by atoms with Crippen molar-refractivity contribution in [2.24, 2.45) is 0 Å². The highest BCUT2D eigenvalue weighted by Crippen LogP contribution is 2.19. The van der Waals surface area contributed by atoms with Crippen LogP contribution in [0.25, 0.3) is 0 Å². The van der Waals surface area contributed by atoms with E-state index in [-0.39, 0.29) is 5.97 Å². The molecule has 2 nitrogen and oxygen atoms in total. The first-order valence-corrected chi connectivity index (χ1v) is 9.22. The molecule has 0 aromatic heterocycles. The lowest BCUT2D eigenvalue weighted by molar-refractivity contribution is -0.137. The molecule has 0 saturated heterocycles. The summed E-state index contributed by atoms with van der Waals surface area (Å²) < 4.78 is 4.92. The van der Waals surface area contributed by atoms with Crippen molar-refractivity contribution < 1.29 is 9.53 Å². The van der Waals surface area contributed by atoms with Gasteiger partial charge in [0.25, 0.3) is 0 Å². The normalized spacial score (nSPS) is 11.1. The van der Waals surface area contributed by atoms with E-state index in [4.69, 9.17) is 4.74 Å². The molecule has 0 bridgehead atoms. The SMILES string of the molecule is C=CC(=O)OCCCC[Si](C)(C)CCC. The van der Waals surface area contributed by atoms with Crippen molar-refractivity contribution in [1.82, 2.24) is 0 Å². The summed E-state index contributed by atoms with van der Waals surface area (Å²) in [5.74, 6) is -0.305. The molecule has 0 fully saturated rings. The highest BCUT2D eigenvalue weighted by molar-refractivity contribution is 6.77. The Labute approximate surface area is 94.7 Å². The van der Waals surface area contributed by atoms with E-state index >= 15 is 0 Å². The second-order valence-corrected chi connectivity index (χ2v) is 10.1. The topological polar surface area (TPSA) is 26.3 Å². The lowest BCUT2D eigenvalue weighted by Crippen LogP contribution is -2.24. The minimum absolute atomic E-state index is 0.305. The second-order valence-electron chi connectivity index (χ2n) is 4.74. The van der Waals surface area contributed by atoms with Gasteiger partial charge in [-0.2, -0.15) is 0 Å². The second kappa shape index (κ2) is 7.68. The standard InChI is InChI=1S/C12H24O2Si/c1-5-10-15(3,4)11-8-7-9-14-12(13)6-2/h6H,2,5,7-11H2,1,3-4H3. The third-order valence-corrected chi connectivity index (χ3v) is 6.15. The van der Waals surface area contributed by atoms with Crippen LogP contribution in [0.5, 0.6) is 0 Å². The number of hydrogen-bond acceptors (Lipinski definition) is 2. The van der Waals surface area contributed by atoms with E-state index in [0.29, 0.717) is 6.61 Å². The molecule has 0 spiro atoms. The predicted molar refractivity (Wildman–Crippen MR) is 67.8 cm³/mol. The van der Waals surface area contributed by atoms with E-state index in [1.165, 1.54) is 31.0 Å². The first kappa shape index (κ1) is 14.4. The van der Waals surface area contributed by atoms with E-state index in [1.807, 2.05) is 0 Å². The highest BCUT2D eigenvalue weighted by atomic mass is 28.3.